The molecule has 0 radical (unpaired) electrons. The van der Waals surface area contributed by atoms with Crippen LogP contribution in [0.4, 0.5) is 0 Å². The van der Waals surface area contributed by atoms with Crippen molar-refractivity contribution in [2.24, 2.45) is 0 Å². The normalized spacial score (nSPS) is 12.6. The van der Waals surface area contributed by atoms with Gasteiger partial charge in [-0.2, -0.15) is 0 Å². The molecule has 1 unspecified atom stereocenters. The number of esters is 3. The van der Waals surface area contributed by atoms with E-state index in [1.54, 1.807) is 6.08 Å². The van der Waals surface area contributed by atoms with Crippen molar-refractivity contribution in [1.82, 2.24) is 0 Å². The second-order valence-corrected chi connectivity index (χ2v) is 17.4. The molecule has 0 bridgehead atoms. The van der Waals surface area contributed by atoms with E-state index in [4.69, 9.17) is 14.2 Å². The third kappa shape index (κ3) is 49.7. The van der Waals surface area contributed by atoms with E-state index in [1.807, 2.05) is 6.08 Å². The lowest BCUT2D eigenvalue weighted by Gasteiger charge is -2.18. The maximum absolute atomic E-state index is 12.7. The maximum Gasteiger partial charge on any atom is 0.310 e. The lowest BCUT2D eigenvalue weighted by Crippen LogP contribution is -2.30. The van der Waals surface area contributed by atoms with Gasteiger partial charge in [0.2, 0.25) is 0 Å². The fraction of sp³-hybridized carbons (Fsp3) is 0.737. The number of hydrogen-bond donors (Lipinski definition) is 0. The zero-order chi connectivity index (χ0) is 45.8. The Morgan fingerprint density at radius 3 is 1.03 bits per heavy atom. The molecule has 0 rings (SSSR count). The first-order chi connectivity index (χ1) is 31.0. The first kappa shape index (κ1) is 59.9. The highest BCUT2D eigenvalue weighted by atomic mass is 16.6. The largest absolute Gasteiger partial charge is 0.462 e. The van der Waals surface area contributed by atoms with Gasteiger partial charge >= 0.3 is 17.9 Å². The van der Waals surface area contributed by atoms with Crippen LogP contribution < -0.4 is 0 Å². The van der Waals surface area contributed by atoms with Crippen LogP contribution in [0.25, 0.3) is 0 Å². The zero-order valence-electron chi connectivity index (χ0n) is 41.3. The molecule has 0 aromatic carbocycles. The Bertz CT molecular complexity index is 1190. The SMILES string of the molecule is CC/C=C\C/C=C\C/C=C\C/C=C\C/C=C\CC(=O)OC(COC(=O)CCCCCCC/C=C\CCCCCCC)COC(=O)CCCCCCCCCCCCCCCCCC. The van der Waals surface area contributed by atoms with Crippen LogP contribution in [-0.4, -0.2) is 37.2 Å². The molecular formula is C57H98O6. The number of ether oxygens (including phenoxy) is 3. The second kappa shape index (κ2) is 51.5. The summed E-state index contributed by atoms with van der Waals surface area (Å²) in [4.78, 5) is 37.9. The second-order valence-electron chi connectivity index (χ2n) is 17.4. The molecule has 0 aromatic rings. The number of carbonyl (C=O) groups is 3. The Morgan fingerprint density at radius 2 is 0.667 bits per heavy atom. The van der Waals surface area contributed by atoms with Crippen molar-refractivity contribution in [3.05, 3.63) is 72.9 Å². The van der Waals surface area contributed by atoms with Crippen LogP contribution >= 0.6 is 0 Å². The van der Waals surface area contributed by atoms with Crippen molar-refractivity contribution in [2.75, 3.05) is 13.2 Å². The molecule has 0 aliphatic carbocycles. The third-order valence-corrected chi connectivity index (χ3v) is 11.2. The molecule has 0 aromatic heterocycles. The van der Waals surface area contributed by atoms with Gasteiger partial charge < -0.3 is 14.2 Å². The highest BCUT2D eigenvalue weighted by Crippen LogP contribution is 2.15. The van der Waals surface area contributed by atoms with Crippen molar-refractivity contribution in [3.63, 3.8) is 0 Å². The summed E-state index contributed by atoms with van der Waals surface area (Å²) in [5.74, 6) is -1.05. The molecule has 0 aliphatic heterocycles. The van der Waals surface area contributed by atoms with E-state index in [0.717, 1.165) is 83.5 Å². The van der Waals surface area contributed by atoms with Crippen LogP contribution in [0.1, 0.15) is 252 Å². The van der Waals surface area contributed by atoms with Crippen molar-refractivity contribution in [3.8, 4) is 0 Å². The smallest absolute Gasteiger partial charge is 0.310 e. The fourth-order valence-electron chi connectivity index (χ4n) is 7.28. The number of hydrogen-bond acceptors (Lipinski definition) is 6. The summed E-state index contributed by atoms with van der Waals surface area (Å²) < 4.78 is 16.7. The lowest BCUT2D eigenvalue weighted by molar-refractivity contribution is -0.166. The van der Waals surface area contributed by atoms with E-state index in [1.165, 1.54) is 128 Å². The van der Waals surface area contributed by atoms with Crippen LogP contribution in [0.3, 0.4) is 0 Å². The molecule has 0 saturated heterocycles. The molecule has 63 heavy (non-hydrogen) atoms. The van der Waals surface area contributed by atoms with Crippen LogP contribution in [0, 0.1) is 0 Å². The summed E-state index contributed by atoms with van der Waals surface area (Å²) in [6.45, 7) is 6.44. The molecule has 6 nitrogen and oxygen atoms in total. The van der Waals surface area contributed by atoms with Gasteiger partial charge in [-0.05, 0) is 70.6 Å². The topological polar surface area (TPSA) is 78.9 Å². The van der Waals surface area contributed by atoms with Crippen LogP contribution in [0.2, 0.25) is 0 Å². The van der Waals surface area contributed by atoms with Crippen molar-refractivity contribution in [2.45, 2.75) is 258 Å². The van der Waals surface area contributed by atoms with Crippen molar-refractivity contribution in [1.29, 1.82) is 0 Å². The highest BCUT2D eigenvalue weighted by molar-refractivity contribution is 5.72. The van der Waals surface area contributed by atoms with Gasteiger partial charge in [-0.25, -0.2) is 0 Å². The average molecular weight is 879 g/mol. The minimum Gasteiger partial charge on any atom is -0.462 e. The van der Waals surface area contributed by atoms with E-state index in [0.29, 0.717) is 12.8 Å². The van der Waals surface area contributed by atoms with Gasteiger partial charge in [0.15, 0.2) is 6.10 Å². The molecule has 0 aliphatic rings. The Kier molecular flexibility index (Phi) is 48.9. The van der Waals surface area contributed by atoms with E-state index in [9.17, 15) is 14.4 Å². The van der Waals surface area contributed by atoms with Crippen molar-refractivity contribution >= 4 is 17.9 Å². The molecule has 0 saturated carbocycles. The Hall–Kier alpha value is -3.15. The molecule has 0 heterocycles. The van der Waals surface area contributed by atoms with Crippen LogP contribution in [0.15, 0.2) is 72.9 Å². The van der Waals surface area contributed by atoms with E-state index in [2.05, 4.69) is 81.5 Å². The monoisotopic (exact) mass is 879 g/mol. The number of carbonyl (C=O) groups excluding carboxylic acids is 3. The highest BCUT2D eigenvalue weighted by Gasteiger charge is 2.19. The predicted octanol–water partition coefficient (Wildman–Crippen LogP) is 17.4. The summed E-state index contributed by atoms with van der Waals surface area (Å²) in [5, 5.41) is 0. The van der Waals surface area contributed by atoms with Gasteiger partial charge in [-0.15, -0.1) is 0 Å². The minimum atomic E-state index is -0.830. The first-order valence-electron chi connectivity index (χ1n) is 26.4. The Balaban J connectivity index is 4.49. The summed E-state index contributed by atoms with van der Waals surface area (Å²) in [6, 6.07) is 0. The third-order valence-electron chi connectivity index (χ3n) is 11.2. The molecule has 1 atom stereocenters. The fourth-order valence-corrected chi connectivity index (χ4v) is 7.28. The number of allylic oxidation sites excluding steroid dienone is 11. The molecular weight excluding hydrogens is 781 g/mol. The quantitative estimate of drug-likeness (QED) is 0.0262. The van der Waals surface area contributed by atoms with Gasteiger partial charge in [-0.3, -0.25) is 14.4 Å². The first-order valence-corrected chi connectivity index (χ1v) is 26.4. The summed E-state index contributed by atoms with van der Waals surface area (Å²) in [6.07, 6.45) is 64.8. The summed E-state index contributed by atoms with van der Waals surface area (Å²) in [7, 11) is 0. The lowest BCUT2D eigenvalue weighted by atomic mass is 10.0. The molecule has 0 N–H and O–H groups in total. The van der Waals surface area contributed by atoms with Gasteiger partial charge in [0.25, 0.3) is 0 Å². The van der Waals surface area contributed by atoms with E-state index in [-0.39, 0.29) is 31.6 Å². The number of rotatable bonds is 47. The molecule has 0 amide bonds. The van der Waals surface area contributed by atoms with Gasteiger partial charge in [0.05, 0.1) is 6.42 Å². The van der Waals surface area contributed by atoms with Gasteiger partial charge in [0.1, 0.15) is 13.2 Å². The summed E-state index contributed by atoms with van der Waals surface area (Å²) in [5.41, 5.74) is 0. The maximum atomic E-state index is 12.7. The average Bonchev–Trinajstić information content (AvgIpc) is 3.28. The molecule has 0 fully saturated rings. The Labute approximate surface area is 389 Å². The standard InChI is InChI=1S/C57H98O6/c1-4-7-10-13-16-19-22-25-28-30-32-35-38-41-44-47-50-56(59)62-53-54(52-61-55(58)49-46-43-40-37-34-31-27-24-21-18-15-12-9-6-3)63-57(60)51-48-45-42-39-36-33-29-26-23-20-17-14-11-8-5-2/h8,11,17,20,24,26-27,29,36,39,45,48,54H,4-7,9-10,12-16,18-19,21-23,25,28,30-35,37-38,40-44,46-47,49-53H2,1-3H3/b11-8-,20-17-,27-24-,29-26-,39-36-,48-45-. The van der Waals surface area contributed by atoms with Crippen LogP contribution in [0.5, 0.6) is 0 Å². The molecule has 6 heteroatoms. The van der Waals surface area contributed by atoms with E-state index >= 15 is 0 Å². The number of unbranched alkanes of at least 4 members (excludes halogenated alkanes) is 25. The van der Waals surface area contributed by atoms with E-state index < -0.39 is 12.1 Å². The predicted molar refractivity (Wildman–Crippen MR) is 270 cm³/mol. The van der Waals surface area contributed by atoms with Gasteiger partial charge in [-0.1, -0.05) is 235 Å². The summed E-state index contributed by atoms with van der Waals surface area (Å²) >= 11 is 0. The molecule has 0 spiro atoms. The van der Waals surface area contributed by atoms with Crippen LogP contribution in [-0.2, 0) is 28.6 Å². The minimum absolute atomic E-state index is 0.0972. The Morgan fingerprint density at radius 1 is 0.349 bits per heavy atom. The molecule has 362 valence electrons. The van der Waals surface area contributed by atoms with Gasteiger partial charge in [0, 0.05) is 12.8 Å². The zero-order valence-corrected chi connectivity index (χ0v) is 41.3. The van der Waals surface area contributed by atoms with Crippen molar-refractivity contribution < 1.29 is 28.6 Å².